The van der Waals surface area contributed by atoms with Crippen LogP contribution in [0.2, 0.25) is 0 Å². The summed E-state index contributed by atoms with van der Waals surface area (Å²) >= 11 is 1.40. The molecule has 1 atom stereocenters. The highest BCUT2D eigenvalue weighted by atomic mass is 32.1. The molecule has 1 aromatic heterocycles. The number of hydrogen-bond acceptors (Lipinski definition) is 5. The van der Waals surface area contributed by atoms with Crippen LogP contribution >= 0.6 is 11.3 Å². The van der Waals surface area contributed by atoms with E-state index in [0.29, 0.717) is 4.88 Å². The first-order valence-electron chi connectivity index (χ1n) is 6.58. The zero-order valence-corrected chi connectivity index (χ0v) is 12.5. The second kappa shape index (κ2) is 7.21. The van der Waals surface area contributed by atoms with Gasteiger partial charge in [0.05, 0.1) is 17.6 Å². The third-order valence-corrected chi connectivity index (χ3v) is 3.84. The number of rotatable bonds is 6. The average molecular weight is 306 g/mol. The van der Waals surface area contributed by atoms with Crippen LogP contribution < -0.4 is 10.6 Å². The molecule has 1 heterocycles. The Balaban J connectivity index is 2.00. The highest BCUT2D eigenvalue weighted by molar-refractivity contribution is 7.12. The quantitative estimate of drug-likeness (QED) is 0.658. The Bertz CT molecular complexity index is 599. The van der Waals surface area contributed by atoms with Crippen molar-refractivity contribution in [2.24, 2.45) is 0 Å². The van der Waals surface area contributed by atoms with Gasteiger partial charge < -0.3 is 20.8 Å². The maximum atomic E-state index is 12.0. The van der Waals surface area contributed by atoms with Gasteiger partial charge in [-0.15, -0.1) is 11.3 Å². The van der Waals surface area contributed by atoms with Crippen molar-refractivity contribution in [3.63, 3.8) is 0 Å². The maximum Gasteiger partial charge on any atom is 0.265 e. The predicted molar refractivity (Wildman–Crippen MR) is 85.0 cm³/mol. The Morgan fingerprint density at radius 1 is 1.38 bits per heavy atom. The number of amides is 1. The number of benzene rings is 1. The molecule has 1 amide bonds. The second-order valence-corrected chi connectivity index (χ2v) is 5.63. The number of carbonyl (C=O) groups is 1. The second-order valence-electron chi connectivity index (χ2n) is 4.68. The minimum atomic E-state index is -0.788. The predicted octanol–water partition coefficient (Wildman–Crippen LogP) is 2.07. The molecule has 6 heteroatoms. The van der Waals surface area contributed by atoms with Crippen LogP contribution in [0.1, 0.15) is 15.2 Å². The van der Waals surface area contributed by atoms with Gasteiger partial charge in [0.2, 0.25) is 0 Å². The van der Waals surface area contributed by atoms with Crippen LogP contribution in [0.4, 0.5) is 11.4 Å². The number of aliphatic hydroxyl groups excluding tert-OH is 2. The maximum absolute atomic E-state index is 12.0. The van der Waals surface area contributed by atoms with E-state index in [-0.39, 0.29) is 19.1 Å². The minimum Gasteiger partial charge on any atom is -0.394 e. The number of aliphatic hydroxyl groups is 2. The molecule has 0 saturated heterocycles. The lowest BCUT2D eigenvalue weighted by Crippen LogP contribution is -2.23. The average Bonchev–Trinajstić information content (AvgIpc) is 3.01. The Kier molecular flexibility index (Phi) is 5.32. The van der Waals surface area contributed by atoms with Crippen molar-refractivity contribution in [1.82, 2.24) is 0 Å². The third-order valence-electron chi connectivity index (χ3n) is 2.97. The van der Waals surface area contributed by atoms with Gasteiger partial charge in [0.25, 0.3) is 5.91 Å². The van der Waals surface area contributed by atoms with Crippen molar-refractivity contribution in [1.29, 1.82) is 0 Å². The fraction of sp³-hybridized carbons (Fsp3) is 0.267. The van der Waals surface area contributed by atoms with Crippen molar-refractivity contribution in [2.45, 2.75) is 13.0 Å². The van der Waals surface area contributed by atoms with Gasteiger partial charge in [-0.2, -0.15) is 0 Å². The molecule has 0 radical (unpaired) electrons. The van der Waals surface area contributed by atoms with E-state index < -0.39 is 6.10 Å². The van der Waals surface area contributed by atoms with E-state index in [4.69, 9.17) is 5.11 Å². The van der Waals surface area contributed by atoms with Gasteiger partial charge in [-0.3, -0.25) is 4.79 Å². The van der Waals surface area contributed by atoms with Crippen LogP contribution in [0.5, 0.6) is 0 Å². The van der Waals surface area contributed by atoms with E-state index in [1.807, 2.05) is 36.6 Å². The zero-order chi connectivity index (χ0) is 15.2. The summed E-state index contributed by atoms with van der Waals surface area (Å²) in [6.45, 7) is 1.90. The summed E-state index contributed by atoms with van der Waals surface area (Å²) in [5.74, 6) is -0.121. The van der Waals surface area contributed by atoms with Gasteiger partial charge in [0, 0.05) is 17.9 Å². The molecule has 0 spiro atoms. The molecule has 21 heavy (non-hydrogen) atoms. The SMILES string of the molecule is Cc1cc(NCC(O)CO)ccc1NC(=O)c1cccs1. The molecule has 0 saturated carbocycles. The minimum absolute atomic E-state index is 0.121. The fourth-order valence-corrected chi connectivity index (χ4v) is 2.42. The van der Waals surface area contributed by atoms with Crippen LogP contribution in [0, 0.1) is 6.92 Å². The van der Waals surface area contributed by atoms with Crippen molar-refractivity contribution in [2.75, 3.05) is 23.8 Å². The molecular weight excluding hydrogens is 288 g/mol. The molecule has 0 aliphatic heterocycles. The number of anilines is 2. The number of hydrogen-bond donors (Lipinski definition) is 4. The number of aryl methyl sites for hydroxylation is 1. The first kappa shape index (κ1) is 15.5. The van der Waals surface area contributed by atoms with Crippen molar-refractivity contribution >= 4 is 28.6 Å². The van der Waals surface area contributed by atoms with Crippen LogP contribution in [0.25, 0.3) is 0 Å². The van der Waals surface area contributed by atoms with Crippen LogP contribution in [0.15, 0.2) is 35.7 Å². The van der Waals surface area contributed by atoms with Crippen molar-refractivity contribution in [3.05, 3.63) is 46.2 Å². The molecular formula is C15H18N2O3S. The third kappa shape index (κ3) is 4.29. The lowest BCUT2D eigenvalue weighted by molar-refractivity contribution is 0.103. The molecule has 2 rings (SSSR count). The normalized spacial score (nSPS) is 12.0. The standard InChI is InChI=1S/C15H18N2O3S/c1-10-7-11(16-8-12(19)9-18)4-5-13(10)17-15(20)14-3-2-6-21-14/h2-7,12,16,18-19H,8-9H2,1H3,(H,17,20). The topological polar surface area (TPSA) is 81.6 Å². The molecule has 0 bridgehead atoms. The highest BCUT2D eigenvalue weighted by Crippen LogP contribution is 2.21. The molecule has 5 nitrogen and oxygen atoms in total. The fourth-order valence-electron chi connectivity index (χ4n) is 1.81. The number of nitrogens with one attached hydrogen (secondary N) is 2. The number of carbonyl (C=O) groups excluding carboxylic acids is 1. The first-order valence-corrected chi connectivity index (χ1v) is 7.46. The van der Waals surface area contributed by atoms with E-state index in [9.17, 15) is 9.90 Å². The summed E-state index contributed by atoms with van der Waals surface area (Å²) < 4.78 is 0. The van der Waals surface area contributed by atoms with E-state index >= 15 is 0 Å². The van der Waals surface area contributed by atoms with Crippen LogP contribution in [-0.2, 0) is 0 Å². The van der Waals surface area contributed by atoms with E-state index in [1.54, 1.807) is 6.07 Å². The summed E-state index contributed by atoms with van der Waals surface area (Å²) in [6.07, 6.45) is -0.788. The van der Waals surface area contributed by atoms with Crippen molar-refractivity contribution in [3.8, 4) is 0 Å². The molecule has 4 N–H and O–H groups in total. The smallest absolute Gasteiger partial charge is 0.265 e. The largest absolute Gasteiger partial charge is 0.394 e. The van der Waals surface area contributed by atoms with Gasteiger partial charge in [0.1, 0.15) is 0 Å². The summed E-state index contributed by atoms with van der Waals surface area (Å²) in [5, 5.41) is 25.8. The summed E-state index contributed by atoms with van der Waals surface area (Å²) in [4.78, 5) is 12.7. The molecule has 1 aromatic carbocycles. The molecule has 112 valence electrons. The first-order chi connectivity index (χ1) is 10.1. The van der Waals surface area contributed by atoms with Crippen molar-refractivity contribution < 1.29 is 15.0 Å². The molecule has 0 aliphatic carbocycles. The highest BCUT2D eigenvalue weighted by Gasteiger charge is 2.09. The van der Waals surface area contributed by atoms with E-state index in [0.717, 1.165) is 16.9 Å². The Morgan fingerprint density at radius 3 is 2.81 bits per heavy atom. The molecule has 0 aliphatic rings. The molecule has 0 fully saturated rings. The lowest BCUT2D eigenvalue weighted by Gasteiger charge is -2.13. The van der Waals surface area contributed by atoms with Gasteiger partial charge in [-0.25, -0.2) is 0 Å². The van der Waals surface area contributed by atoms with Crippen LogP contribution in [0.3, 0.4) is 0 Å². The van der Waals surface area contributed by atoms with Gasteiger partial charge in [-0.05, 0) is 42.1 Å². The van der Waals surface area contributed by atoms with Gasteiger partial charge in [-0.1, -0.05) is 6.07 Å². The Hall–Kier alpha value is -1.89. The zero-order valence-electron chi connectivity index (χ0n) is 11.7. The summed E-state index contributed by atoms with van der Waals surface area (Å²) in [6, 6.07) is 9.14. The monoisotopic (exact) mass is 306 g/mol. The summed E-state index contributed by atoms with van der Waals surface area (Å²) in [7, 11) is 0. The number of thiophene rings is 1. The molecule has 2 aromatic rings. The van der Waals surface area contributed by atoms with Gasteiger partial charge in [0.15, 0.2) is 0 Å². The van der Waals surface area contributed by atoms with Crippen LogP contribution in [-0.4, -0.2) is 35.4 Å². The van der Waals surface area contributed by atoms with E-state index in [1.165, 1.54) is 11.3 Å². The molecule has 1 unspecified atom stereocenters. The Labute approximate surface area is 127 Å². The van der Waals surface area contributed by atoms with Gasteiger partial charge >= 0.3 is 0 Å². The van der Waals surface area contributed by atoms with E-state index in [2.05, 4.69) is 10.6 Å². The lowest BCUT2D eigenvalue weighted by atomic mass is 10.1. The Morgan fingerprint density at radius 2 is 2.19 bits per heavy atom. The summed E-state index contributed by atoms with van der Waals surface area (Å²) in [5.41, 5.74) is 2.50.